The molecule has 1 N–H and O–H groups in total. The van der Waals surface area contributed by atoms with Crippen molar-refractivity contribution in [2.24, 2.45) is 7.05 Å². The summed E-state index contributed by atoms with van der Waals surface area (Å²) in [7, 11) is 1.71. The van der Waals surface area contributed by atoms with Gasteiger partial charge in [0.05, 0.1) is 16.1 Å². The number of H-pyrrole nitrogens is 1. The van der Waals surface area contributed by atoms with Crippen LogP contribution in [0.25, 0.3) is 10.9 Å². The van der Waals surface area contributed by atoms with Crippen molar-refractivity contribution >= 4 is 40.0 Å². The molecule has 1 aliphatic rings. The van der Waals surface area contributed by atoms with Crippen LogP contribution in [0.1, 0.15) is 57.3 Å². The SMILES string of the molecule is Cc1cc(C(F)(F)F)cc2c1cc(Cc1c(Cl)ccc(C(=O)N3CCC(c4nnn[nH]4)CC3)c1Cl)n2C. The van der Waals surface area contributed by atoms with Crippen LogP contribution in [0.15, 0.2) is 30.3 Å². The summed E-state index contributed by atoms with van der Waals surface area (Å²) in [4.78, 5) is 15.1. The topological polar surface area (TPSA) is 79.7 Å². The normalized spacial score (nSPS) is 15.1. The van der Waals surface area contributed by atoms with Gasteiger partial charge >= 0.3 is 6.18 Å². The number of aromatic nitrogens is 5. The molecule has 0 radical (unpaired) electrons. The summed E-state index contributed by atoms with van der Waals surface area (Å²) in [6, 6.07) is 7.39. The minimum absolute atomic E-state index is 0.156. The number of carbonyl (C=O) groups excluding carboxylic acids is 1. The molecule has 0 spiro atoms. The monoisotopic (exact) mass is 550 g/mol. The lowest BCUT2D eigenvalue weighted by Crippen LogP contribution is -2.38. The van der Waals surface area contributed by atoms with E-state index in [9.17, 15) is 18.0 Å². The fourth-order valence-electron chi connectivity index (χ4n) is 4.97. The molecule has 2 aromatic carbocycles. The molecule has 2 aromatic heterocycles. The van der Waals surface area contributed by atoms with E-state index in [-0.39, 0.29) is 23.3 Å². The largest absolute Gasteiger partial charge is 0.416 e. The third-order valence-corrected chi connectivity index (χ3v) is 7.89. The van der Waals surface area contributed by atoms with Gasteiger partial charge in [-0.15, -0.1) is 5.10 Å². The number of aryl methyl sites for hydroxylation is 2. The summed E-state index contributed by atoms with van der Waals surface area (Å²) in [6.07, 6.45) is -2.75. The number of rotatable bonds is 4. The third kappa shape index (κ3) is 4.80. The van der Waals surface area contributed by atoms with Crippen LogP contribution in [0.4, 0.5) is 13.2 Å². The zero-order valence-electron chi connectivity index (χ0n) is 20.0. The number of nitrogens with zero attached hydrogens (tertiary/aromatic N) is 5. The summed E-state index contributed by atoms with van der Waals surface area (Å²) in [5.41, 5.74) is 1.92. The van der Waals surface area contributed by atoms with Crippen LogP contribution < -0.4 is 0 Å². The van der Waals surface area contributed by atoms with Crippen molar-refractivity contribution in [3.8, 4) is 0 Å². The van der Waals surface area contributed by atoms with Crippen molar-refractivity contribution in [1.29, 1.82) is 0 Å². The van der Waals surface area contributed by atoms with E-state index in [0.29, 0.717) is 46.1 Å². The van der Waals surface area contributed by atoms with E-state index in [4.69, 9.17) is 23.2 Å². The van der Waals surface area contributed by atoms with E-state index in [2.05, 4.69) is 20.6 Å². The number of tetrazole rings is 1. The number of aromatic amines is 1. The molecule has 194 valence electrons. The molecular formula is C25H23Cl2F3N6O. The Hall–Kier alpha value is -3.11. The second kappa shape index (κ2) is 9.64. The summed E-state index contributed by atoms with van der Waals surface area (Å²) in [5, 5.41) is 15.4. The Kier molecular flexibility index (Phi) is 6.66. The zero-order valence-corrected chi connectivity index (χ0v) is 21.5. The maximum Gasteiger partial charge on any atom is 0.416 e. The Labute approximate surface area is 220 Å². The van der Waals surface area contributed by atoms with Gasteiger partial charge in [-0.25, -0.2) is 5.10 Å². The number of likely N-dealkylation sites (tertiary alicyclic amines) is 1. The molecule has 1 aliphatic heterocycles. The van der Waals surface area contributed by atoms with Crippen molar-refractivity contribution in [2.75, 3.05) is 13.1 Å². The molecule has 5 rings (SSSR count). The molecule has 1 fully saturated rings. The molecule has 0 aliphatic carbocycles. The van der Waals surface area contributed by atoms with Gasteiger partial charge in [-0.05, 0) is 71.7 Å². The van der Waals surface area contributed by atoms with E-state index in [1.54, 1.807) is 35.6 Å². The Bertz CT molecular complexity index is 1470. The van der Waals surface area contributed by atoms with E-state index in [1.165, 1.54) is 0 Å². The first-order valence-corrected chi connectivity index (χ1v) is 12.5. The molecule has 1 saturated heterocycles. The highest BCUT2D eigenvalue weighted by Crippen LogP contribution is 2.36. The average Bonchev–Trinajstić information content (AvgIpc) is 3.50. The van der Waals surface area contributed by atoms with Crippen LogP contribution in [0.3, 0.4) is 0 Å². The molecule has 0 unspecified atom stereocenters. The third-order valence-electron chi connectivity index (χ3n) is 7.10. The summed E-state index contributed by atoms with van der Waals surface area (Å²) in [5.74, 6) is 0.675. The van der Waals surface area contributed by atoms with Crippen LogP contribution in [0.2, 0.25) is 10.0 Å². The van der Waals surface area contributed by atoms with Crippen LogP contribution in [-0.2, 0) is 19.6 Å². The minimum Gasteiger partial charge on any atom is -0.347 e. The Morgan fingerprint density at radius 1 is 1.16 bits per heavy atom. The number of benzene rings is 2. The zero-order chi connectivity index (χ0) is 26.5. The Morgan fingerprint density at radius 2 is 1.89 bits per heavy atom. The van der Waals surface area contributed by atoms with E-state index in [0.717, 1.165) is 36.1 Å². The lowest BCUT2D eigenvalue weighted by Gasteiger charge is -2.31. The second-order valence-corrected chi connectivity index (χ2v) is 10.1. The fourth-order valence-corrected chi connectivity index (χ4v) is 5.55. The summed E-state index contributed by atoms with van der Waals surface area (Å²) >= 11 is 13.2. The van der Waals surface area contributed by atoms with Gasteiger partial charge in [-0.3, -0.25) is 4.79 Å². The molecule has 4 aromatic rings. The van der Waals surface area contributed by atoms with Crippen LogP contribution in [0.5, 0.6) is 0 Å². The summed E-state index contributed by atoms with van der Waals surface area (Å²) < 4.78 is 41.8. The van der Waals surface area contributed by atoms with Crippen molar-refractivity contribution < 1.29 is 18.0 Å². The average molecular weight is 551 g/mol. The van der Waals surface area contributed by atoms with Crippen LogP contribution >= 0.6 is 23.2 Å². The number of nitrogens with one attached hydrogen (secondary N) is 1. The standard InChI is InChI=1S/C25H23Cl2F3N6O/c1-13-9-15(25(28,29)30)10-21-18(13)11-16(35(21)2)12-19-20(26)4-3-17(22(19)27)24(37)36-7-5-14(6-8-36)23-31-33-34-32-23/h3-4,9-11,14H,5-8,12H2,1-2H3,(H,31,32,33,34). The number of hydrogen-bond donors (Lipinski definition) is 1. The Balaban J connectivity index is 1.41. The number of hydrogen-bond acceptors (Lipinski definition) is 4. The number of halogens is 5. The highest BCUT2D eigenvalue weighted by molar-refractivity contribution is 6.38. The molecular weight excluding hydrogens is 528 g/mol. The van der Waals surface area contributed by atoms with Crippen molar-refractivity contribution in [3.05, 3.63) is 74.1 Å². The maximum absolute atomic E-state index is 13.4. The number of alkyl halides is 3. The fraction of sp³-hybridized carbons (Fsp3) is 0.360. The van der Waals surface area contributed by atoms with Gasteiger partial charge in [0.1, 0.15) is 0 Å². The molecule has 7 nitrogen and oxygen atoms in total. The summed E-state index contributed by atoms with van der Waals surface area (Å²) in [6.45, 7) is 2.72. The predicted octanol–water partition coefficient (Wildman–Crippen LogP) is 5.94. The lowest BCUT2D eigenvalue weighted by atomic mass is 9.95. The number of carbonyl (C=O) groups is 1. The van der Waals surface area contributed by atoms with E-state index in [1.807, 2.05) is 6.07 Å². The molecule has 37 heavy (non-hydrogen) atoms. The number of piperidine rings is 1. The number of amides is 1. The highest BCUT2D eigenvalue weighted by atomic mass is 35.5. The van der Waals surface area contributed by atoms with E-state index < -0.39 is 11.7 Å². The van der Waals surface area contributed by atoms with E-state index >= 15 is 0 Å². The predicted molar refractivity (Wildman–Crippen MR) is 134 cm³/mol. The molecule has 1 amide bonds. The molecule has 3 heterocycles. The van der Waals surface area contributed by atoms with Gasteiger partial charge in [-0.1, -0.05) is 23.2 Å². The van der Waals surface area contributed by atoms with Gasteiger partial charge < -0.3 is 9.47 Å². The molecule has 0 bridgehead atoms. The smallest absolute Gasteiger partial charge is 0.347 e. The van der Waals surface area contributed by atoms with Crippen LogP contribution in [0, 0.1) is 6.92 Å². The van der Waals surface area contributed by atoms with Crippen molar-refractivity contribution in [3.63, 3.8) is 0 Å². The first-order chi connectivity index (χ1) is 17.5. The van der Waals surface area contributed by atoms with Crippen molar-refractivity contribution in [1.82, 2.24) is 30.1 Å². The maximum atomic E-state index is 13.4. The molecule has 12 heteroatoms. The van der Waals surface area contributed by atoms with Gasteiger partial charge in [0.25, 0.3) is 5.91 Å². The quantitative estimate of drug-likeness (QED) is 0.341. The van der Waals surface area contributed by atoms with Gasteiger partial charge in [-0.2, -0.15) is 13.2 Å². The minimum atomic E-state index is -4.44. The van der Waals surface area contributed by atoms with Crippen LogP contribution in [-0.4, -0.2) is 49.1 Å². The van der Waals surface area contributed by atoms with Gasteiger partial charge in [0.2, 0.25) is 0 Å². The highest BCUT2D eigenvalue weighted by Gasteiger charge is 2.32. The first kappa shape index (κ1) is 25.5. The lowest BCUT2D eigenvalue weighted by molar-refractivity contribution is -0.137. The Morgan fingerprint density at radius 3 is 2.54 bits per heavy atom. The van der Waals surface area contributed by atoms with Crippen molar-refractivity contribution in [2.45, 2.75) is 38.3 Å². The molecule has 0 atom stereocenters. The van der Waals surface area contributed by atoms with Gasteiger partial charge in [0, 0.05) is 54.1 Å². The van der Waals surface area contributed by atoms with Gasteiger partial charge in [0.15, 0.2) is 5.82 Å². The number of fused-ring (bicyclic) bond motifs is 1. The first-order valence-electron chi connectivity index (χ1n) is 11.7. The second-order valence-electron chi connectivity index (χ2n) is 9.34. The molecule has 0 saturated carbocycles.